The summed E-state index contributed by atoms with van der Waals surface area (Å²) in [6.07, 6.45) is 1.01. The molecule has 0 saturated heterocycles. The van der Waals surface area contributed by atoms with Crippen molar-refractivity contribution in [2.24, 2.45) is 0 Å². The monoisotopic (exact) mass is 603 g/mol. The highest BCUT2D eigenvalue weighted by atomic mass is 79.9. The lowest BCUT2D eigenvalue weighted by Crippen LogP contribution is -2.31. The number of amides is 1. The number of nitrogens with one attached hydrogen (secondary N) is 2. The van der Waals surface area contributed by atoms with E-state index < -0.39 is 6.04 Å². The first-order chi connectivity index (χ1) is 18.9. The molecule has 0 aliphatic carbocycles. The second kappa shape index (κ2) is 12.1. The number of benzene rings is 3. The van der Waals surface area contributed by atoms with Gasteiger partial charge in [-0.25, -0.2) is 4.68 Å². The van der Waals surface area contributed by atoms with Crippen molar-refractivity contribution in [2.75, 3.05) is 16.4 Å². The fraction of sp³-hybridized carbons (Fsp3) is 0.233. The number of allylic oxidation sites excluding steroid dienone is 1. The van der Waals surface area contributed by atoms with Crippen LogP contribution < -0.4 is 15.4 Å². The van der Waals surface area contributed by atoms with E-state index in [1.165, 1.54) is 0 Å². The summed E-state index contributed by atoms with van der Waals surface area (Å²) >= 11 is 5.23. The van der Waals surface area contributed by atoms with Gasteiger partial charge in [0.2, 0.25) is 11.1 Å². The lowest BCUT2D eigenvalue weighted by molar-refractivity contribution is -0.113. The highest BCUT2D eigenvalue weighted by Crippen LogP contribution is 2.41. The quantitative estimate of drug-likeness (QED) is 0.195. The lowest BCUT2D eigenvalue weighted by atomic mass is 9.94. The molecule has 1 atom stereocenters. The number of anilines is 2. The maximum absolute atomic E-state index is 13.9. The molecule has 7 nitrogen and oxygen atoms in total. The van der Waals surface area contributed by atoms with Crippen molar-refractivity contribution in [1.82, 2.24) is 14.8 Å². The Morgan fingerprint density at radius 3 is 2.62 bits per heavy atom. The molecule has 2 heterocycles. The van der Waals surface area contributed by atoms with Gasteiger partial charge in [0, 0.05) is 27.2 Å². The second-order valence-corrected chi connectivity index (χ2v) is 11.3. The fourth-order valence-corrected chi connectivity index (χ4v) is 5.46. The smallest absolute Gasteiger partial charge is 0.255 e. The number of ether oxygens (including phenoxy) is 1. The molecule has 3 aromatic carbocycles. The third kappa shape index (κ3) is 6.20. The van der Waals surface area contributed by atoms with Gasteiger partial charge >= 0.3 is 0 Å². The number of hydrogen-bond donors (Lipinski definition) is 2. The van der Waals surface area contributed by atoms with Crippen molar-refractivity contribution in [2.45, 2.75) is 45.0 Å². The van der Waals surface area contributed by atoms with Crippen LogP contribution in [0.15, 0.2) is 93.7 Å². The summed E-state index contributed by atoms with van der Waals surface area (Å²) in [6, 6.07) is 23.1. The zero-order valence-electron chi connectivity index (χ0n) is 22.1. The van der Waals surface area contributed by atoms with E-state index in [0.717, 1.165) is 39.0 Å². The SMILES string of the molecule is CCCSc1nc2n(n1)C(c1cc(Br)ccc1OCc1ccccc1)C(C(=O)Nc1ccc(C)cc1)=C(C)N2. The van der Waals surface area contributed by atoms with E-state index in [1.807, 2.05) is 86.6 Å². The average molecular weight is 605 g/mol. The Kier molecular flexibility index (Phi) is 8.38. The summed E-state index contributed by atoms with van der Waals surface area (Å²) in [5.74, 6) is 1.96. The van der Waals surface area contributed by atoms with E-state index in [0.29, 0.717) is 34.7 Å². The normalized spacial score (nSPS) is 14.5. The van der Waals surface area contributed by atoms with Crippen LogP contribution in [-0.2, 0) is 11.4 Å². The zero-order valence-corrected chi connectivity index (χ0v) is 24.5. The Labute approximate surface area is 241 Å². The van der Waals surface area contributed by atoms with Crippen LogP contribution in [0.4, 0.5) is 11.6 Å². The van der Waals surface area contributed by atoms with Crippen LogP contribution >= 0.6 is 27.7 Å². The number of halogens is 1. The van der Waals surface area contributed by atoms with E-state index in [-0.39, 0.29) is 5.91 Å². The Morgan fingerprint density at radius 2 is 1.87 bits per heavy atom. The molecule has 0 fully saturated rings. The van der Waals surface area contributed by atoms with E-state index in [2.05, 4.69) is 33.5 Å². The third-order valence-electron chi connectivity index (χ3n) is 6.33. The van der Waals surface area contributed by atoms with Gasteiger partial charge in [-0.15, -0.1) is 5.10 Å². The molecule has 0 bridgehead atoms. The zero-order chi connectivity index (χ0) is 27.4. The van der Waals surface area contributed by atoms with Gasteiger partial charge in [-0.05, 0) is 56.2 Å². The number of aryl methyl sites for hydroxylation is 1. The van der Waals surface area contributed by atoms with Gasteiger partial charge in [-0.3, -0.25) is 4.79 Å². The second-order valence-electron chi connectivity index (χ2n) is 9.35. The number of aromatic nitrogens is 3. The maximum atomic E-state index is 13.9. The molecular formula is C30H30BrN5O2S. The van der Waals surface area contributed by atoms with Crippen molar-refractivity contribution in [1.29, 1.82) is 0 Å². The molecular weight excluding hydrogens is 574 g/mol. The van der Waals surface area contributed by atoms with Crippen molar-refractivity contribution >= 4 is 45.2 Å². The minimum atomic E-state index is -0.557. The Bertz CT molecular complexity index is 1500. The first-order valence-electron chi connectivity index (χ1n) is 12.8. The Balaban J connectivity index is 1.57. The van der Waals surface area contributed by atoms with E-state index in [4.69, 9.17) is 14.8 Å². The van der Waals surface area contributed by atoms with Gasteiger partial charge in [0.05, 0.1) is 5.57 Å². The third-order valence-corrected chi connectivity index (χ3v) is 7.86. The van der Waals surface area contributed by atoms with Gasteiger partial charge in [-0.1, -0.05) is 82.6 Å². The molecule has 9 heteroatoms. The number of thioether (sulfide) groups is 1. The summed E-state index contributed by atoms with van der Waals surface area (Å²) in [4.78, 5) is 18.6. The summed E-state index contributed by atoms with van der Waals surface area (Å²) in [5, 5.41) is 11.9. The fourth-order valence-electron chi connectivity index (χ4n) is 4.40. The first-order valence-corrected chi connectivity index (χ1v) is 14.6. The highest BCUT2D eigenvalue weighted by Gasteiger charge is 2.36. The molecule has 1 amide bonds. The van der Waals surface area contributed by atoms with Crippen molar-refractivity contribution in [3.05, 3.63) is 105 Å². The summed E-state index contributed by atoms with van der Waals surface area (Å²) in [6.45, 7) is 6.44. The number of fused-ring (bicyclic) bond motifs is 1. The van der Waals surface area contributed by atoms with Crippen LogP contribution in [0.2, 0.25) is 0 Å². The van der Waals surface area contributed by atoms with Crippen LogP contribution in [-0.4, -0.2) is 26.4 Å². The number of rotatable bonds is 9. The van der Waals surface area contributed by atoms with Crippen molar-refractivity contribution in [3.8, 4) is 5.75 Å². The summed E-state index contributed by atoms with van der Waals surface area (Å²) < 4.78 is 9.02. The van der Waals surface area contributed by atoms with Crippen LogP contribution in [0.25, 0.3) is 0 Å². The first kappa shape index (κ1) is 27.0. The minimum absolute atomic E-state index is 0.216. The van der Waals surface area contributed by atoms with Crippen LogP contribution in [0.5, 0.6) is 5.75 Å². The molecule has 4 aromatic rings. The number of nitrogens with zero attached hydrogens (tertiary/aromatic N) is 3. The van der Waals surface area contributed by atoms with Gasteiger partial charge in [0.25, 0.3) is 5.91 Å². The lowest BCUT2D eigenvalue weighted by Gasteiger charge is -2.30. The molecule has 1 aromatic heterocycles. The Morgan fingerprint density at radius 1 is 1.10 bits per heavy atom. The summed E-state index contributed by atoms with van der Waals surface area (Å²) in [5.41, 5.74) is 4.98. The minimum Gasteiger partial charge on any atom is -0.489 e. The predicted molar refractivity (Wildman–Crippen MR) is 160 cm³/mol. The number of carbonyl (C=O) groups is 1. The van der Waals surface area contributed by atoms with E-state index in [9.17, 15) is 4.79 Å². The topological polar surface area (TPSA) is 81.1 Å². The van der Waals surface area contributed by atoms with Crippen molar-refractivity contribution in [3.63, 3.8) is 0 Å². The van der Waals surface area contributed by atoms with Gasteiger partial charge in [-0.2, -0.15) is 4.98 Å². The van der Waals surface area contributed by atoms with E-state index in [1.54, 1.807) is 16.4 Å². The molecule has 1 aliphatic heterocycles. The summed E-state index contributed by atoms with van der Waals surface area (Å²) in [7, 11) is 0. The van der Waals surface area contributed by atoms with Crippen molar-refractivity contribution < 1.29 is 9.53 Å². The predicted octanol–water partition coefficient (Wildman–Crippen LogP) is 7.36. The molecule has 200 valence electrons. The molecule has 1 aliphatic rings. The molecule has 1 unspecified atom stereocenters. The molecule has 0 saturated carbocycles. The van der Waals surface area contributed by atoms with Gasteiger partial charge in [0.1, 0.15) is 18.4 Å². The number of carbonyl (C=O) groups excluding carboxylic acids is 1. The molecule has 5 rings (SSSR count). The highest BCUT2D eigenvalue weighted by molar-refractivity contribution is 9.10. The van der Waals surface area contributed by atoms with Gasteiger partial charge in [0.15, 0.2) is 0 Å². The van der Waals surface area contributed by atoms with Crippen LogP contribution in [0.1, 0.15) is 43.0 Å². The molecule has 0 radical (unpaired) electrons. The average Bonchev–Trinajstić information content (AvgIpc) is 3.34. The van der Waals surface area contributed by atoms with Crippen LogP contribution in [0.3, 0.4) is 0 Å². The largest absolute Gasteiger partial charge is 0.489 e. The standard InChI is InChI=1S/C30H30BrN5O2S/c1-4-16-39-30-34-29-32-20(3)26(28(37)33-23-13-10-19(2)11-14-23)27(36(29)35-30)24-17-22(31)12-15-25(24)38-18-21-8-6-5-7-9-21/h5-15,17,27H,4,16,18H2,1-3H3,(H,33,37)(H,32,34,35). The van der Waals surface area contributed by atoms with E-state index >= 15 is 0 Å². The number of hydrogen-bond acceptors (Lipinski definition) is 6. The molecule has 39 heavy (non-hydrogen) atoms. The maximum Gasteiger partial charge on any atom is 0.255 e. The van der Waals surface area contributed by atoms with Gasteiger partial charge < -0.3 is 15.4 Å². The van der Waals surface area contributed by atoms with Crippen LogP contribution in [0, 0.1) is 6.92 Å². The Hall–Kier alpha value is -3.56. The molecule has 2 N–H and O–H groups in total. The molecule has 0 spiro atoms.